The first-order chi connectivity index (χ1) is 12.1. The number of carbonyl (C=O) groups is 1. The third kappa shape index (κ3) is 2.95. The second kappa shape index (κ2) is 5.88. The maximum absolute atomic E-state index is 12.9. The largest absolute Gasteiger partial charge is 0.356 e. The maximum atomic E-state index is 12.9. The van der Waals surface area contributed by atoms with Crippen molar-refractivity contribution in [2.24, 2.45) is 0 Å². The quantitative estimate of drug-likeness (QED) is 0.758. The Morgan fingerprint density at radius 1 is 1.04 bits per heavy atom. The van der Waals surface area contributed by atoms with Crippen LogP contribution in [0.3, 0.4) is 0 Å². The van der Waals surface area contributed by atoms with Crippen LogP contribution in [0, 0.1) is 13.8 Å². The molecule has 0 aliphatic heterocycles. The number of benzene rings is 2. The van der Waals surface area contributed by atoms with E-state index in [4.69, 9.17) is 4.52 Å². The third-order valence-electron chi connectivity index (χ3n) is 4.72. The topological polar surface area (TPSA) is 55.1 Å². The number of rotatable bonds is 4. The van der Waals surface area contributed by atoms with Gasteiger partial charge in [-0.15, -0.1) is 0 Å². The molecule has 126 valence electrons. The first-order valence-electron chi connectivity index (χ1n) is 8.49. The molecule has 1 saturated carbocycles. The van der Waals surface area contributed by atoms with Crippen LogP contribution in [0.4, 0.5) is 5.69 Å². The molecule has 0 bridgehead atoms. The van der Waals surface area contributed by atoms with Crippen LogP contribution in [0.2, 0.25) is 0 Å². The zero-order valence-corrected chi connectivity index (χ0v) is 14.4. The monoisotopic (exact) mass is 332 g/mol. The second-order valence-electron chi connectivity index (χ2n) is 6.86. The first kappa shape index (κ1) is 15.6. The van der Waals surface area contributed by atoms with Crippen molar-refractivity contribution >= 4 is 11.6 Å². The average molecular weight is 332 g/mol. The summed E-state index contributed by atoms with van der Waals surface area (Å²) in [5.74, 6) is 0.687. The van der Waals surface area contributed by atoms with Crippen molar-refractivity contribution in [1.29, 1.82) is 0 Å². The second-order valence-corrected chi connectivity index (χ2v) is 6.86. The van der Waals surface area contributed by atoms with Crippen molar-refractivity contribution in [3.05, 3.63) is 71.4 Å². The van der Waals surface area contributed by atoms with Crippen LogP contribution < -0.4 is 5.32 Å². The van der Waals surface area contributed by atoms with Crippen LogP contribution in [0.5, 0.6) is 0 Å². The van der Waals surface area contributed by atoms with Crippen LogP contribution in [0.15, 0.2) is 59.1 Å². The average Bonchev–Trinajstić information content (AvgIpc) is 3.25. The van der Waals surface area contributed by atoms with Crippen molar-refractivity contribution in [3.63, 3.8) is 0 Å². The molecule has 0 spiro atoms. The van der Waals surface area contributed by atoms with Gasteiger partial charge in [-0.1, -0.05) is 41.6 Å². The lowest BCUT2D eigenvalue weighted by Gasteiger charge is -2.13. The van der Waals surface area contributed by atoms with Crippen molar-refractivity contribution < 1.29 is 9.32 Å². The van der Waals surface area contributed by atoms with Gasteiger partial charge in [0.1, 0.15) is 0 Å². The SMILES string of the molecule is Cc1cc(C)cc(NC(=O)C2(c3cc(-c4ccccc4)on3)CC2)c1. The number of amides is 1. The fraction of sp³-hybridized carbons (Fsp3) is 0.238. The molecule has 2 aromatic carbocycles. The number of aryl methyl sites for hydroxylation is 2. The molecule has 0 unspecified atom stereocenters. The van der Waals surface area contributed by atoms with E-state index in [1.807, 2.05) is 62.4 Å². The molecule has 0 radical (unpaired) electrons. The third-order valence-corrected chi connectivity index (χ3v) is 4.72. The van der Waals surface area contributed by atoms with Gasteiger partial charge in [0.25, 0.3) is 0 Å². The summed E-state index contributed by atoms with van der Waals surface area (Å²) < 4.78 is 5.49. The van der Waals surface area contributed by atoms with Gasteiger partial charge < -0.3 is 9.84 Å². The Kier molecular flexibility index (Phi) is 3.68. The Bertz CT molecular complexity index is 904. The molecule has 1 aliphatic carbocycles. The van der Waals surface area contributed by atoms with E-state index in [-0.39, 0.29) is 5.91 Å². The molecule has 25 heavy (non-hydrogen) atoms. The number of anilines is 1. The molecule has 4 nitrogen and oxygen atoms in total. The van der Waals surface area contributed by atoms with Crippen molar-refractivity contribution in [1.82, 2.24) is 5.16 Å². The zero-order chi connectivity index (χ0) is 17.4. The molecule has 1 amide bonds. The van der Waals surface area contributed by atoms with E-state index in [2.05, 4.69) is 16.5 Å². The molecule has 1 aliphatic rings. The molecular weight excluding hydrogens is 312 g/mol. The minimum atomic E-state index is -0.561. The number of hydrogen-bond donors (Lipinski definition) is 1. The minimum Gasteiger partial charge on any atom is -0.356 e. The molecule has 1 heterocycles. The van der Waals surface area contributed by atoms with Gasteiger partial charge in [0.05, 0.1) is 11.1 Å². The van der Waals surface area contributed by atoms with Crippen LogP contribution in [0.1, 0.15) is 29.7 Å². The Morgan fingerprint density at radius 2 is 1.72 bits per heavy atom. The molecular formula is C21H20N2O2. The fourth-order valence-electron chi connectivity index (χ4n) is 3.26. The first-order valence-corrected chi connectivity index (χ1v) is 8.49. The summed E-state index contributed by atoms with van der Waals surface area (Å²) in [6, 6.07) is 17.8. The van der Waals surface area contributed by atoms with Crippen LogP contribution >= 0.6 is 0 Å². The van der Waals surface area contributed by atoms with Gasteiger partial charge in [0, 0.05) is 17.3 Å². The minimum absolute atomic E-state index is 0.00888. The Morgan fingerprint density at radius 3 is 2.36 bits per heavy atom. The van der Waals surface area contributed by atoms with Crippen LogP contribution in [-0.4, -0.2) is 11.1 Å². The summed E-state index contributed by atoms with van der Waals surface area (Å²) in [6.45, 7) is 4.05. The number of carbonyl (C=O) groups excluding carboxylic acids is 1. The standard InChI is InChI=1S/C21H20N2O2/c1-14-10-15(2)12-17(11-14)22-20(24)21(8-9-21)19-13-18(25-23-19)16-6-4-3-5-7-16/h3-7,10-13H,8-9H2,1-2H3,(H,22,24). The molecule has 1 fully saturated rings. The predicted octanol–water partition coefficient (Wildman–Crippen LogP) is 4.63. The lowest BCUT2D eigenvalue weighted by molar-refractivity contribution is -0.118. The van der Waals surface area contributed by atoms with Gasteiger partial charge in [-0.25, -0.2) is 0 Å². The van der Waals surface area contributed by atoms with Gasteiger partial charge >= 0.3 is 0 Å². The highest BCUT2D eigenvalue weighted by molar-refractivity contribution is 6.01. The van der Waals surface area contributed by atoms with E-state index >= 15 is 0 Å². The van der Waals surface area contributed by atoms with Crippen LogP contribution in [0.25, 0.3) is 11.3 Å². The van der Waals surface area contributed by atoms with Crippen molar-refractivity contribution in [2.75, 3.05) is 5.32 Å². The molecule has 0 saturated heterocycles. The molecule has 4 heteroatoms. The summed E-state index contributed by atoms with van der Waals surface area (Å²) in [7, 11) is 0. The lowest BCUT2D eigenvalue weighted by atomic mass is 10.00. The van der Waals surface area contributed by atoms with E-state index in [0.717, 1.165) is 35.2 Å². The Labute approximate surface area is 146 Å². The van der Waals surface area contributed by atoms with E-state index in [9.17, 15) is 4.79 Å². The van der Waals surface area contributed by atoms with E-state index in [1.165, 1.54) is 0 Å². The molecule has 1 N–H and O–H groups in total. The highest BCUT2D eigenvalue weighted by atomic mass is 16.5. The number of aromatic nitrogens is 1. The Balaban J connectivity index is 1.58. The molecule has 3 aromatic rings. The molecule has 4 rings (SSSR count). The van der Waals surface area contributed by atoms with E-state index in [0.29, 0.717) is 11.5 Å². The van der Waals surface area contributed by atoms with Crippen molar-refractivity contribution in [3.8, 4) is 11.3 Å². The summed E-state index contributed by atoms with van der Waals surface area (Å²) in [5, 5.41) is 7.24. The zero-order valence-electron chi connectivity index (χ0n) is 14.4. The number of hydrogen-bond acceptors (Lipinski definition) is 3. The summed E-state index contributed by atoms with van der Waals surface area (Å²) in [5.41, 5.74) is 4.22. The van der Waals surface area contributed by atoms with Gasteiger partial charge in [-0.3, -0.25) is 4.79 Å². The van der Waals surface area contributed by atoms with E-state index < -0.39 is 5.41 Å². The smallest absolute Gasteiger partial charge is 0.236 e. The van der Waals surface area contributed by atoms with Gasteiger partial charge in [0.2, 0.25) is 5.91 Å². The lowest BCUT2D eigenvalue weighted by Crippen LogP contribution is -2.28. The molecule has 0 atom stereocenters. The highest BCUT2D eigenvalue weighted by Crippen LogP contribution is 2.49. The van der Waals surface area contributed by atoms with Gasteiger partial charge in [-0.2, -0.15) is 0 Å². The Hall–Kier alpha value is -2.88. The number of nitrogens with zero attached hydrogens (tertiary/aromatic N) is 1. The van der Waals surface area contributed by atoms with Gasteiger partial charge in [-0.05, 0) is 49.9 Å². The number of nitrogens with one attached hydrogen (secondary N) is 1. The summed E-state index contributed by atoms with van der Waals surface area (Å²) >= 11 is 0. The van der Waals surface area contributed by atoms with E-state index in [1.54, 1.807) is 0 Å². The molecule has 1 aromatic heterocycles. The summed E-state index contributed by atoms with van der Waals surface area (Å²) in [4.78, 5) is 12.9. The fourth-order valence-corrected chi connectivity index (χ4v) is 3.26. The highest BCUT2D eigenvalue weighted by Gasteiger charge is 2.53. The maximum Gasteiger partial charge on any atom is 0.236 e. The normalized spacial score (nSPS) is 15.0. The van der Waals surface area contributed by atoms with Crippen molar-refractivity contribution in [2.45, 2.75) is 32.1 Å². The van der Waals surface area contributed by atoms with Crippen LogP contribution in [-0.2, 0) is 10.2 Å². The van der Waals surface area contributed by atoms with Gasteiger partial charge in [0.15, 0.2) is 5.76 Å². The predicted molar refractivity (Wildman–Crippen MR) is 97.4 cm³/mol. The summed E-state index contributed by atoms with van der Waals surface area (Å²) in [6.07, 6.45) is 1.59.